The van der Waals surface area contributed by atoms with Gasteiger partial charge < -0.3 is 0 Å². The van der Waals surface area contributed by atoms with Crippen LogP contribution in [0, 0.1) is 0 Å². The molecule has 5 heteroatoms. The Morgan fingerprint density at radius 3 is 2.83 bits per heavy atom. The van der Waals surface area contributed by atoms with Crippen LogP contribution < -0.4 is 11.2 Å². The molecule has 1 aromatic rings. The first-order chi connectivity index (χ1) is 5.66. The first-order valence-electron chi connectivity index (χ1n) is 3.35. The van der Waals surface area contributed by atoms with Crippen molar-refractivity contribution < 1.29 is 0 Å². The average Bonchev–Trinajstić information content (AvgIpc) is 2.03. The summed E-state index contributed by atoms with van der Waals surface area (Å²) in [6.45, 7) is 3.52. The van der Waals surface area contributed by atoms with Crippen molar-refractivity contribution >= 4 is 16.9 Å². The number of hydrogen-bond acceptors (Lipinski definition) is 2. The molecule has 0 radical (unpaired) electrons. The van der Waals surface area contributed by atoms with Gasteiger partial charge in [0.2, 0.25) is 0 Å². The Labute approximate surface area is 77.4 Å². The number of hydrogen-bond donors (Lipinski definition) is 1. The molecule has 0 aliphatic carbocycles. The van der Waals surface area contributed by atoms with Gasteiger partial charge in [0, 0.05) is 0 Å². The molecule has 1 N–H and O–H groups in total. The maximum absolute atomic E-state index is 11.1. The zero-order valence-corrected chi connectivity index (χ0v) is 8.78. The monoisotopic (exact) mass is 228 g/mol. The zero-order chi connectivity index (χ0) is 9.14. The van der Waals surface area contributed by atoms with Crippen LogP contribution in [0.3, 0.4) is 0 Å². The molecule has 0 fully saturated rings. The van der Waals surface area contributed by atoms with Gasteiger partial charge in [-0.05, 0) is 0 Å². The summed E-state index contributed by atoms with van der Waals surface area (Å²) >= 11 is 1.26. The van der Waals surface area contributed by atoms with E-state index in [2.05, 4.69) is 11.6 Å². The third-order valence-corrected chi connectivity index (χ3v) is 2.63. The normalized spacial score (nSPS) is 12.4. The molecular formula is C7H9AsN2O2. The second-order valence-electron chi connectivity index (χ2n) is 2.22. The number of allylic oxidation sites excluding steroid dienone is 1. The van der Waals surface area contributed by atoms with Crippen molar-refractivity contribution in [2.45, 2.75) is 4.83 Å². The molecule has 64 valence electrons. The Balaban J connectivity index is 3.41. The average molecular weight is 228 g/mol. The van der Waals surface area contributed by atoms with E-state index in [1.807, 2.05) is 0 Å². The van der Waals surface area contributed by atoms with Crippen LogP contribution in [0.5, 0.6) is 0 Å². The van der Waals surface area contributed by atoms with Crippen molar-refractivity contribution in [2.75, 3.05) is 0 Å². The van der Waals surface area contributed by atoms with Crippen LogP contribution in [0.25, 0.3) is 0 Å². The fourth-order valence-electron chi connectivity index (χ4n) is 0.822. The minimum atomic E-state index is -0.392. The predicted molar refractivity (Wildman–Crippen MR) is 49.1 cm³/mol. The molecule has 12 heavy (non-hydrogen) atoms. The summed E-state index contributed by atoms with van der Waals surface area (Å²) in [4.78, 5) is 24.5. The molecule has 1 aromatic heterocycles. The first kappa shape index (κ1) is 9.07. The van der Waals surface area contributed by atoms with Crippen LogP contribution in [0.1, 0.15) is 4.83 Å². The molecule has 0 bridgehead atoms. The minimum absolute atomic E-state index is 0.213. The van der Waals surface area contributed by atoms with Crippen LogP contribution in [0.2, 0.25) is 0 Å². The number of nitrogens with one attached hydrogen (secondary N) is 1. The molecule has 4 nitrogen and oxygen atoms in total. The van der Waals surface area contributed by atoms with Crippen LogP contribution in [0.15, 0.2) is 34.5 Å². The van der Waals surface area contributed by atoms with Gasteiger partial charge >= 0.3 is 77.0 Å². The van der Waals surface area contributed by atoms with Gasteiger partial charge in [-0.1, -0.05) is 0 Å². The summed E-state index contributed by atoms with van der Waals surface area (Å²) < 4.78 is 1.13. The van der Waals surface area contributed by atoms with E-state index in [0.29, 0.717) is 0 Å². The topological polar surface area (TPSA) is 54.9 Å². The Morgan fingerprint density at radius 1 is 1.67 bits per heavy atom. The van der Waals surface area contributed by atoms with Crippen molar-refractivity contribution in [1.29, 1.82) is 0 Å². The molecule has 0 saturated carbocycles. The molecule has 0 amide bonds. The van der Waals surface area contributed by atoms with E-state index in [-0.39, 0.29) is 10.4 Å². The van der Waals surface area contributed by atoms with E-state index >= 15 is 0 Å². The molecular weight excluding hydrogens is 219 g/mol. The Bertz CT molecular complexity index is 365. The number of nitrogens with zero attached hydrogens (tertiary/aromatic N) is 1. The number of rotatable bonds is 2. The molecule has 0 spiro atoms. The molecule has 1 rings (SSSR count). The maximum atomic E-state index is 11.1. The van der Waals surface area contributed by atoms with Gasteiger partial charge in [0.15, 0.2) is 0 Å². The van der Waals surface area contributed by atoms with Gasteiger partial charge in [-0.3, -0.25) is 0 Å². The fourth-order valence-corrected chi connectivity index (χ4v) is 1.41. The third kappa shape index (κ3) is 1.59. The van der Waals surface area contributed by atoms with Crippen molar-refractivity contribution in [3.8, 4) is 0 Å². The van der Waals surface area contributed by atoms with Gasteiger partial charge in [0.25, 0.3) is 0 Å². The zero-order valence-electron chi connectivity index (χ0n) is 6.36. The molecule has 0 aliphatic heterocycles. The van der Waals surface area contributed by atoms with Crippen LogP contribution in [-0.4, -0.2) is 26.4 Å². The van der Waals surface area contributed by atoms with Crippen molar-refractivity contribution in [3.05, 3.63) is 45.8 Å². The van der Waals surface area contributed by atoms with Gasteiger partial charge in [-0.15, -0.1) is 0 Å². The Hall–Kier alpha value is -1.02. The van der Waals surface area contributed by atoms with E-state index in [4.69, 9.17) is 0 Å². The summed E-state index contributed by atoms with van der Waals surface area (Å²) in [6.07, 6.45) is 2.90. The quantitative estimate of drug-likeness (QED) is 0.513. The van der Waals surface area contributed by atoms with E-state index in [0.717, 1.165) is 4.57 Å². The van der Waals surface area contributed by atoms with Gasteiger partial charge in [-0.25, -0.2) is 0 Å². The van der Waals surface area contributed by atoms with E-state index in [9.17, 15) is 9.59 Å². The third-order valence-electron chi connectivity index (χ3n) is 1.43. The number of aromatic nitrogens is 2. The van der Waals surface area contributed by atoms with E-state index < -0.39 is 5.69 Å². The van der Waals surface area contributed by atoms with Gasteiger partial charge in [0.05, 0.1) is 0 Å². The first-order valence-corrected chi connectivity index (χ1v) is 4.75. The molecule has 0 saturated heterocycles. The summed E-state index contributed by atoms with van der Waals surface area (Å²) in [7, 11) is 0. The summed E-state index contributed by atoms with van der Waals surface area (Å²) in [5, 5.41) is 0. The fraction of sp³-hybridized carbons (Fsp3) is 0.143. The van der Waals surface area contributed by atoms with Crippen LogP contribution in [-0.2, 0) is 0 Å². The molecule has 1 heterocycles. The second-order valence-corrected chi connectivity index (χ2v) is 3.65. The Kier molecular flexibility index (Phi) is 2.71. The van der Waals surface area contributed by atoms with Gasteiger partial charge in [0.1, 0.15) is 0 Å². The second kappa shape index (κ2) is 3.59. The van der Waals surface area contributed by atoms with Crippen LogP contribution in [0.4, 0.5) is 0 Å². The van der Waals surface area contributed by atoms with Crippen LogP contribution >= 0.6 is 0 Å². The van der Waals surface area contributed by atoms with Gasteiger partial charge in [-0.2, -0.15) is 0 Å². The summed E-state index contributed by atoms with van der Waals surface area (Å²) in [6, 6.07) is 1.32. The van der Waals surface area contributed by atoms with Crippen molar-refractivity contribution in [1.82, 2.24) is 9.55 Å². The van der Waals surface area contributed by atoms with E-state index in [1.165, 1.54) is 29.1 Å². The standard InChI is InChI=1S/C7H9AsN2O2/c1-2-5(8)10-6(11)3-4-9-7(10)12/h2-5H,1,8H2,(H,9,12). The number of aromatic amines is 1. The molecule has 2 atom stereocenters. The summed E-state index contributed by atoms with van der Waals surface area (Å²) in [5.74, 6) is 0. The van der Waals surface area contributed by atoms with E-state index in [1.54, 1.807) is 6.08 Å². The molecule has 0 aromatic carbocycles. The van der Waals surface area contributed by atoms with Crippen molar-refractivity contribution in [2.24, 2.45) is 0 Å². The molecule has 0 aliphatic rings. The SMILES string of the molecule is C=CC([AsH2])n1c(=O)cc[nH]c1=O. The van der Waals surface area contributed by atoms with Crippen molar-refractivity contribution in [3.63, 3.8) is 0 Å². The predicted octanol–water partition coefficient (Wildman–Crippen LogP) is -1.15. The number of H-pyrrole nitrogens is 1. The Morgan fingerprint density at radius 2 is 2.33 bits per heavy atom. The molecule has 2 unspecified atom stereocenters. The summed E-state index contributed by atoms with van der Waals surface area (Å²) in [5.41, 5.74) is -0.690.